The van der Waals surface area contributed by atoms with E-state index in [0.29, 0.717) is 0 Å². The predicted octanol–water partition coefficient (Wildman–Crippen LogP) is 16.6. The maximum Gasteiger partial charge on any atom is 0.0714 e. The van der Waals surface area contributed by atoms with Crippen molar-refractivity contribution in [3.05, 3.63) is 277 Å². The van der Waals surface area contributed by atoms with Crippen LogP contribution in [-0.2, 0) is 5.41 Å². The van der Waals surface area contributed by atoms with Gasteiger partial charge in [-0.3, -0.25) is 0 Å². The number of benzene rings is 11. The standard InChI is InChI=1S/C63H42N2/c1-4-21-47(22-5-1)63(48-23-6-2-7-24-48)56-30-15-14-29-55(56)61-57(63)31-17-33-59(61)64(58-32-16-20-44-18-10-12-27-51(44)58)50-38-34-43(35-39-50)46-37-40-53-54-41-36-45-19-11-13-28-52(45)62(54)65(60(53)42-46)49-25-8-3-9-26-49/h1-42H. The molecular formula is C63H42N2. The number of fused-ring (bicyclic) bond motifs is 9. The predicted molar refractivity (Wildman–Crippen MR) is 273 cm³/mol. The first-order valence-electron chi connectivity index (χ1n) is 22.5. The Hall–Kier alpha value is -8.46. The summed E-state index contributed by atoms with van der Waals surface area (Å²) in [5.41, 5.74) is 16.4. The Bertz CT molecular complexity index is 3710. The topological polar surface area (TPSA) is 8.17 Å². The van der Waals surface area contributed by atoms with Gasteiger partial charge in [-0.1, -0.05) is 212 Å². The zero-order valence-electron chi connectivity index (χ0n) is 35.6. The lowest BCUT2D eigenvalue weighted by Crippen LogP contribution is -2.28. The SMILES string of the molecule is c1ccc(-n2c3cc(-c4ccc(N(c5cccc6c5-c5ccccc5C6(c5ccccc5)c5ccccc5)c5cccc6ccccc56)cc4)ccc3c3ccc4ccccc4c32)cc1. The van der Waals surface area contributed by atoms with E-state index >= 15 is 0 Å². The van der Waals surface area contributed by atoms with Crippen LogP contribution < -0.4 is 4.90 Å². The number of hydrogen-bond donors (Lipinski definition) is 0. The van der Waals surface area contributed by atoms with Crippen LogP contribution in [0.15, 0.2) is 255 Å². The van der Waals surface area contributed by atoms with Gasteiger partial charge in [0.15, 0.2) is 0 Å². The molecule has 0 saturated carbocycles. The summed E-state index contributed by atoms with van der Waals surface area (Å²) in [7, 11) is 0. The molecule has 0 aliphatic heterocycles. The summed E-state index contributed by atoms with van der Waals surface area (Å²) < 4.78 is 2.45. The Labute approximate surface area is 378 Å². The van der Waals surface area contributed by atoms with Crippen molar-refractivity contribution in [3.63, 3.8) is 0 Å². The highest BCUT2D eigenvalue weighted by atomic mass is 15.1. The maximum atomic E-state index is 2.50. The third-order valence-electron chi connectivity index (χ3n) is 13.8. The molecule has 1 aliphatic carbocycles. The highest BCUT2D eigenvalue weighted by molar-refractivity contribution is 6.19. The second-order valence-corrected chi connectivity index (χ2v) is 17.2. The molecule has 0 spiro atoms. The summed E-state index contributed by atoms with van der Waals surface area (Å²) in [5.74, 6) is 0. The molecule has 11 aromatic carbocycles. The first-order chi connectivity index (χ1) is 32.3. The molecule has 1 heterocycles. The summed E-state index contributed by atoms with van der Waals surface area (Å²) >= 11 is 0. The zero-order chi connectivity index (χ0) is 42.9. The van der Waals surface area contributed by atoms with Gasteiger partial charge in [0.2, 0.25) is 0 Å². The van der Waals surface area contributed by atoms with Crippen molar-refractivity contribution < 1.29 is 0 Å². The summed E-state index contributed by atoms with van der Waals surface area (Å²) in [5, 5.41) is 7.41. The molecule has 0 bridgehead atoms. The third-order valence-corrected chi connectivity index (χ3v) is 13.8. The van der Waals surface area contributed by atoms with Gasteiger partial charge in [-0.05, 0) is 92.2 Å². The van der Waals surface area contributed by atoms with E-state index in [1.54, 1.807) is 0 Å². The molecule has 304 valence electrons. The molecule has 0 atom stereocenters. The van der Waals surface area contributed by atoms with Gasteiger partial charge in [-0.25, -0.2) is 0 Å². The minimum Gasteiger partial charge on any atom is -0.309 e. The molecule has 1 aromatic heterocycles. The molecule has 0 unspecified atom stereocenters. The monoisotopic (exact) mass is 826 g/mol. The average molecular weight is 827 g/mol. The fourth-order valence-electron chi connectivity index (χ4n) is 11.1. The van der Waals surface area contributed by atoms with Crippen LogP contribution in [0.4, 0.5) is 17.1 Å². The molecule has 12 aromatic rings. The van der Waals surface area contributed by atoms with Gasteiger partial charge in [0.05, 0.1) is 27.8 Å². The quantitative estimate of drug-likeness (QED) is 0.155. The Morgan fingerprint density at radius 3 is 1.66 bits per heavy atom. The Kier molecular flexibility index (Phi) is 8.47. The van der Waals surface area contributed by atoms with E-state index in [1.165, 1.54) is 87.9 Å². The van der Waals surface area contributed by atoms with Crippen LogP contribution in [0.1, 0.15) is 22.3 Å². The smallest absolute Gasteiger partial charge is 0.0714 e. The van der Waals surface area contributed by atoms with Crippen LogP contribution in [0.5, 0.6) is 0 Å². The zero-order valence-corrected chi connectivity index (χ0v) is 35.6. The molecular weight excluding hydrogens is 785 g/mol. The molecule has 2 nitrogen and oxygen atoms in total. The molecule has 0 N–H and O–H groups in total. The third kappa shape index (κ3) is 5.60. The van der Waals surface area contributed by atoms with Crippen molar-refractivity contribution >= 4 is 60.4 Å². The first-order valence-corrected chi connectivity index (χ1v) is 22.5. The van der Waals surface area contributed by atoms with Crippen molar-refractivity contribution in [2.75, 3.05) is 4.90 Å². The minimum absolute atomic E-state index is 0.508. The van der Waals surface area contributed by atoms with Crippen LogP contribution in [-0.4, -0.2) is 4.57 Å². The molecule has 65 heavy (non-hydrogen) atoms. The number of anilines is 3. The van der Waals surface area contributed by atoms with Gasteiger partial charge < -0.3 is 9.47 Å². The Morgan fingerprint density at radius 2 is 0.908 bits per heavy atom. The molecule has 13 rings (SSSR count). The lowest BCUT2D eigenvalue weighted by atomic mass is 9.68. The van der Waals surface area contributed by atoms with Crippen LogP contribution in [0.3, 0.4) is 0 Å². The van der Waals surface area contributed by atoms with E-state index < -0.39 is 5.41 Å². The minimum atomic E-state index is -0.508. The largest absolute Gasteiger partial charge is 0.309 e. The van der Waals surface area contributed by atoms with Crippen LogP contribution in [0.25, 0.3) is 71.3 Å². The second-order valence-electron chi connectivity index (χ2n) is 17.2. The van der Waals surface area contributed by atoms with E-state index in [4.69, 9.17) is 0 Å². The molecule has 0 fully saturated rings. The van der Waals surface area contributed by atoms with E-state index in [0.717, 1.165) is 22.7 Å². The maximum absolute atomic E-state index is 2.50. The number of nitrogens with zero attached hydrogens (tertiary/aromatic N) is 2. The van der Waals surface area contributed by atoms with E-state index in [2.05, 4.69) is 264 Å². The second kappa shape index (κ2) is 14.8. The first kappa shape index (κ1) is 37.1. The summed E-state index contributed by atoms with van der Waals surface area (Å²) in [6.45, 7) is 0. The van der Waals surface area contributed by atoms with Gasteiger partial charge in [-0.2, -0.15) is 0 Å². The van der Waals surface area contributed by atoms with E-state index in [9.17, 15) is 0 Å². The van der Waals surface area contributed by atoms with Crippen molar-refractivity contribution in [3.8, 4) is 27.9 Å². The lowest BCUT2D eigenvalue weighted by molar-refractivity contribution is 0.768. The van der Waals surface area contributed by atoms with Crippen molar-refractivity contribution in [2.24, 2.45) is 0 Å². The van der Waals surface area contributed by atoms with Gasteiger partial charge in [-0.15, -0.1) is 0 Å². The fraction of sp³-hybridized carbons (Fsp3) is 0.0159. The molecule has 0 radical (unpaired) electrons. The summed E-state index contributed by atoms with van der Waals surface area (Å²) in [6.07, 6.45) is 0. The highest BCUT2D eigenvalue weighted by Gasteiger charge is 2.47. The lowest BCUT2D eigenvalue weighted by Gasteiger charge is -2.34. The average Bonchev–Trinajstić information content (AvgIpc) is 3.89. The number of aromatic nitrogens is 1. The van der Waals surface area contributed by atoms with Gasteiger partial charge >= 0.3 is 0 Å². The fourth-order valence-corrected chi connectivity index (χ4v) is 11.1. The van der Waals surface area contributed by atoms with Crippen LogP contribution >= 0.6 is 0 Å². The molecule has 2 heteroatoms. The summed E-state index contributed by atoms with van der Waals surface area (Å²) in [4.78, 5) is 2.50. The number of para-hydroxylation sites is 1. The van der Waals surface area contributed by atoms with Gasteiger partial charge in [0, 0.05) is 38.5 Å². The molecule has 0 saturated heterocycles. The van der Waals surface area contributed by atoms with Crippen molar-refractivity contribution in [1.29, 1.82) is 0 Å². The van der Waals surface area contributed by atoms with Crippen molar-refractivity contribution in [1.82, 2.24) is 4.57 Å². The summed E-state index contributed by atoms with van der Waals surface area (Å²) in [6, 6.07) is 93.8. The van der Waals surface area contributed by atoms with E-state index in [-0.39, 0.29) is 0 Å². The Morgan fingerprint density at radius 1 is 0.354 bits per heavy atom. The van der Waals surface area contributed by atoms with Crippen LogP contribution in [0.2, 0.25) is 0 Å². The van der Waals surface area contributed by atoms with Crippen molar-refractivity contribution in [2.45, 2.75) is 5.41 Å². The highest BCUT2D eigenvalue weighted by Crippen LogP contribution is 2.59. The Balaban J connectivity index is 1.02. The molecule has 0 amide bonds. The number of hydrogen-bond acceptors (Lipinski definition) is 1. The van der Waals surface area contributed by atoms with Gasteiger partial charge in [0.25, 0.3) is 0 Å². The van der Waals surface area contributed by atoms with Crippen LogP contribution in [0, 0.1) is 0 Å². The van der Waals surface area contributed by atoms with Gasteiger partial charge in [0.1, 0.15) is 0 Å². The molecule has 1 aliphatic rings. The normalized spacial score (nSPS) is 12.7. The number of rotatable bonds is 7. The van der Waals surface area contributed by atoms with E-state index in [1.807, 2.05) is 0 Å².